The number of thioether (sulfide) groups is 1. The summed E-state index contributed by atoms with van der Waals surface area (Å²) in [6.07, 6.45) is 3.81. The lowest BCUT2D eigenvalue weighted by molar-refractivity contribution is -0.140. The van der Waals surface area contributed by atoms with Gasteiger partial charge in [0.15, 0.2) is 0 Å². The van der Waals surface area contributed by atoms with Crippen LogP contribution in [-0.2, 0) is 19.6 Å². The minimum atomic E-state index is -3.85. The fourth-order valence-electron chi connectivity index (χ4n) is 2.95. The van der Waals surface area contributed by atoms with Gasteiger partial charge >= 0.3 is 0 Å². The lowest BCUT2D eigenvalue weighted by Crippen LogP contribution is -2.49. The van der Waals surface area contributed by atoms with Crippen LogP contribution in [0.1, 0.15) is 25.7 Å². The summed E-state index contributed by atoms with van der Waals surface area (Å²) >= 11 is 2.53. The number of nitrogens with one attached hydrogen (secondary N) is 1. The number of carbonyl (C=O) groups excluding carboxylic acids is 2. The van der Waals surface area contributed by atoms with E-state index in [4.69, 9.17) is 0 Å². The maximum Gasteiger partial charge on any atom is 0.273 e. The molecule has 1 saturated heterocycles. The molecule has 9 heteroatoms. The van der Waals surface area contributed by atoms with Gasteiger partial charge in [-0.05, 0) is 24.3 Å². The van der Waals surface area contributed by atoms with E-state index in [1.54, 1.807) is 16.3 Å². The zero-order valence-electron chi connectivity index (χ0n) is 12.4. The number of nitrogens with zero attached hydrogens (tertiary/aromatic N) is 1. The second-order valence-electron chi connectivity index (χ2n) is 5.71. The van der Waals surface area contributed by atoms with Gasteiger partial charge in [-0.2, -0.15) is 0 Å². The van der Waals surface area contributed by atoms with Crippen LogP contribution in [0.2, 0.25) is 0 Å². The van der Waals surface area contributed by atoms with Crippen molar-refractivity contribution in [2.45, 2.75) is 35.9 Å². The van der Waals surface area contributed by atoms with Crippen molar-refractivity contribution in [1.29, 1.82) is 0 Å². The maximum atomic E-state index is 12.5. The lowest BCUT2D eigenvalue weighted by Gasteiger charge is -2.25. The first-order valence-electron chi connectivity index (χ1n) is 7.47. The third-order valence-corrected chi connectivity index (χ3v) is 7.92. The fourth-order valence-corrected chi connectivity index (χ4v) is 6.12. The molecule has 1 saturated carbocycles. The summed E-state index contributed by atoms with van der Waals surface area (Å²) in [5, 5.41) is 1.64. The van der Waals surface area contributed by atoms with Crippen molar-refractivity contribution in [3.05, 3.63) is 17.5 Å². The highest BCUT2D eigenvalue weighted by Crippen LogP contribution is 2.31. The fraction of sp³-hybridized carbons (Fsp3) is 0.571. The Labute approximate surface area is 143 Å². The number of rotatable bonds is 4. The summed E-state index contributed by atoms with van der Waals surface area (Å²) in [6, 6.07) is 2.36. The topological polar surface area (TPSA) is 83.6 Å². The Hall–Kier alpha value is -1.06. The molecule has 3 rings (SSSR count). The number of sulfonamides is 1. The standard InChI is InChI=1S/C14H18N2O4S3/c17-13(15-23(19,20)12-6-3-7-22-12)11-8-21-9-16(11)14(18)10-4-1-2-5-10/h3,6-7,10-11H,1-2,4-5,8-9H2,(H,15,17)/t11-/m1/s1. The Balaban J connectivity index is 1.70. The van der Waals surface area contributed by atoms with E-state index in [0.717, 1.165) is 37.0 Å². The highest BCUT2D eigenvalue weighted by Gasteiger charge is 2.39. The Morgan fingerprint density at radius 3 is 2.65 bits per heavy atom. The van der Waals surface area contributed by atoms with Gasteiger partial charge in [0.05, 0.1) is 5.88 Å². The van der Waals surface area contributed by atoms with Crippen LogP contribution in [0.15, 0.2) is 21.7 Å². The first-order chi connectivity index (χ1) is 11.0. The summed E-state index contributed by atoms with van der Waals surface area (Å²) < 4.78 is 26.5. The van der Waals surface area contributed by atoms with Gasteiger partial charge < -0.3 is 4.90 Å². The van der Waals surface area contributed by atoms with Crippen LogP contribution in [0.25, 0.3) is 0 Å². The first-order valence-corrected chi connectivity index (χ1v) is 11.0. The number of hydrogen-bond donors (Lipinski definition) is 1. The number of hydrogen-bond acceptors (Lipinski definition) is 6. The molecule has 1 atom stereocenters. The third-order valence-electron chi connectivity index (χ3n) is 4.17. The van der Waals surface area contributed by atoms with E-state index in [2.05, 4.69) is 4.72 Å². The smallest absolute Gasteiger partial charge is 0.273 e. The first kappa shape index (κ1) is 16.8. The van der Waals surface area contributed by atoms with Crippen LogP contribution in [0, 0.1) is 5.92 Å². The molecule has 2 fully saturated rings. The van der Waals surface area contributed by atoms with Crippen molar-refractivity contribution in [3.63, 3.8) is 0 Å². The average Bonchev–Trinajstić information content (AvgIpc) is 3.26. The predicted molar refractivity (Wildman–Crippen MR) is 89.6 cm³/mol. The van der Waals surface area contributed by atoms with Gasteiger partial charge in [0.25, 0.3) is 15.9 Å². The summed E-state index contributed by atoms with van der Waals surface area (Å²) in [5.41, 5.74) is 0. The number of thiophene rings is 1. The van der Waals surface area contributed by atoms with E-state index in [-0.39, 0.29) is 16.0 Å². The SMILES string of the molecule is O=C(NS(=O)(=O)c1cccs1)[C@H]1CSCN1C(=O)C1CCCC1. The monoisotopic (exact) mass is 374 g/mol. The molecule has 1 aliphatic carbocycles. The Morgan fingerprint density at radius 1 is 1.26 bits per heavy atom. The van der Waals surface area contributed by atoms with E-state index in [1.165, 1.54) is 17.8 Å². The molecule has 1 aromatic rings. The molecule has 2 heterocycles. The second-order valence-corrected chi connectivity index (χ2v) is 9.56. The van der Waals surface area contributed by atoms with Gasteiger partial charge in [-0.25, -0.2) is 13.1 Å². The highest BCUT2D eigenvalue weighted by molar-refractivity contribution is 7.99. The van der Waals surface area contributed by atoms with Crippen LogP contribution in [0.4, 0.5) is 0 Å². The molecule has 6 nitrogen and oxygen atoms in total. The maximum absolute atomic E-state index is 12.5. The molecular formula is C14H18N2O4S3. The number of amides is 2. The van der Waals surface area contributed by atoms with E-state index in [1.807, 2.05) is 0 Å². The zero-order chi connectivity index (χ0) is 16.4. The quantitative estimate of drug-likeness (QED) is 0.866. The molecule has 2 amide bonds. The molecule has 0 bridgehead atoms. The largest absolute Gasteiger partial charge is 0.320 e. The van der Waals surface area contributed by atoms with E-state index in [0.29, 0.717) is 11.6 Å². The molecule has 126 valence electrons. The molecule has 2 aliphatic rings. The van der Waals surface area contributed by atoms with Gasteiger partial charge in [0.1, 0.15) is 10.3 Å². The molecule has 1 aromatic heterocycles. The molecule has 0 radical (unpaired) electrons. The van der Waals surface area contributed by atoms with Crippen LogP contribution < -0.4 is 4.72 Å². The van der Waals surface area contributed by atoms with Crippen LogP contribution in [-0.4, -0.2) is 42.8 Å². The van der Waals surface area contributed by atoms with Crippen LogP contribution in [0.5, 0.6) is 0 Å². The highest BCUT2D eigenvalue weighted by atomic mass is 32.2. The Kier molecular flexibility index (Phi) is 4.98. The Morgan fingerprint density at radius 2 is 2.00 bits per heavy atom. The van der Waals surface area contributed by atoms with E-state index >= 15 is 0 Å². The van der Waals surface area contributed by atoms with Crippen molar-refractivity contribution in [2.75, 3.05) is 11.6 Å². The van der Waals surface area contributed by atoms with Gasteiger partial charge in [-0.1, -0.05) is 18.9 Å². The minimum absolute atomic E-state index is 0.0128. The van der Waals surface area contributed by atoms with Gasteiger partial charge in [0.2, 0.25) is 5.91 Å². The molecular weight excluding hydrogens is 356 g/mol. The van der Waals surface area contributed by atoms with Crippen LogP contribution in [0.3, 0.4) is 0 Å². The molecule has 0 unspecified atom stereocenters. The van der Waals surface area contributed by atoms with Crippen molar-refractivity contribution in [2.24, 2.45) is 5.92 Å². The summed E-state index contributed by atoms with van der Waals surface area (Å²) in [5.74, 6) is 0.241. The summed E-state index contributed by atoms with van der Waals surface area (Å²) in [7, 11) is -3.85. The summed E-state index contributed by atoms with van der Waals surface area (Å²) in [6.45, 7) is 0. The normalized spacial score (nSPS) is 22.4. The predicted octanol–water partition coefficient (Wildman–Crippen LogP) is 1.64. The molecule has 0 spiro atoms. The molecule has 1 N–H and O–H groups in total. The molecule has 23 heavy (non-hydrogen) atoms. The van der Waals surface area contributed by atoms with Crippen molar-refractivity contribution < 1.29 is 18.0 Å². The van der Waals surface area contributed by atoms with Crippen molar-refractivity contribution in [1.82, 2.24) is 9.62 Å². The van der Waals surface area contributed by atoms with Crippen LogP contribution >= 0.6 is 23.1 Å². The average molecular weight is 375 g/mol. The molecule has 1 aliphatic heterocycles. The van der Waals surface area contributed by atoms with Crippen molar-refractivity contribution >= 4 is 44.9 Å². The number of carbonyl (C=O) groups is 2. The summed E-state index contributed by atoms with van der Waals surface area (Å²) in [4.78, 5) is 26.5. The molecule has 0 aromatic carbocycles. The second kappa shape index (κ2) is 6.82. The van der Waals surface area contributed by atoms with E-state index < -0.39 is 22.0 Å². The van der Waals surface area contributed by atoms with Gasteiger partial charge in [-0.15, -0.1) is 23.1 Å². The minimum Gasteiger partial charge on any atom is -0.320 e. The van der Waals surface area contributed by atoms with Gasteiger partial charge in [-0.3, -0.25) is 9.59 Å². The lowest BCUT2D eigenvalue weighted by atomic mass is 10.1. The third kappa shape index (κ3) is 3.56. The van der Waals surface area contributed by atoms with E-state index in [9.17, 15) is 18.0 Å². The zero-order valence-corrected chi connectivity index (χ0v) is 14.9. The van der Waals surface area contributed by atoms with Crippen molar-refractivity contribution in [3.8, 4) is 0 Å². The Bertz CT molecular complexity index is 681. The van der Waals surface area contributed by atoms with Gasteiger partial charge in [0, 0.05) is 11.7 Å².